The molecule has 3 fully saturated rings. The maximum absolute atomic E-state index is 13.7. The van der Waals surface area contributed by atoms with Gasteiger partial charge < -0.3 is 15.0 Å². The Balaban J connectivity index is 0.00000210. The zero-order chi connectivity index (χ0) is 17.9. The molecular weight excluding hydrogens is 369 g/mol. The molecule has 5 nitrogen and oxygen atoms in total. The molecule has 3 unspecified atom stereocenters. The number of carbonyl (C=O) groups is 1. The summed E-state index contributed by atoms with van der Waals surface area (Å²) in [6.07, 6.45) is 4.69. The first-order chi connectivity index (χ1) is 12.7. The van der Waals surface area contributed by atoms with Crippen molar-refractivity contribution >= 4 is 18.3 Å². The summed E-state index contributed by atoms with van der Waals surface area (Å²) in [5.41, 5.74) is 0.933. The van der Waals surface area contributed by atoms with Gasteiger partial charge in [0.1, 0.15) is 5.82 Å². The van der Waals surface area contributed by atoms with Gasteiger partial charge in [0.05, 0.1) is 25.3 Å². The van der Waals surface area contributed by atoms with Gasteiger partial charge in [0.2, 0.25) is 5.91 Å². The molecule has 0 radical (unpaired) electrons. The Morgan fingerprint density at radius 3 is 2.96 bits per heavy atom. The van der Waals surface area contributed by atoms with Gasteiger partial charge in [0, 0.05) is 32.2 Å². The van der Waals surface area contributed by atoms with Crippen molar-refractivity contribution in [2.75, 3.05) is 39.3 Å². The van der Waals surface area contributed by atoms with Crippen molar-refractivity contribution in [3.8, 4) is 0 Å². The summed E-state index contributed by atoms with van der Waals surface area (Å²) in [5, 5.41) is 3.37. The minimum absolute atomic E-state index is 0. The molecule has 1 aromatic carbocycles. The van der Waals surface area contributed by atoms with Crippen LogP contribution in [0.15, 0.2) is 24.3 Å². The number of hydrogen-bond acceptors (Lipinski definition) is 4. The number of piperazine rings is 1. The Morgan fingerprint density at radius 1 is 1.26 bits per heavy atom. The van der Waals surface area contributed by atoms with Gasteiger partial charge in [0.15, 0.2) is 0 Å². The summed E-state index contributed by atoms with van der Waals surface area (Å²) in [4.78, 5) is 17.3. The SMILES string of the molecule is Cl.O=C(CN1CCNCC1c1cccc(F)c1)N1CCOC2CCCCC21. The van der Waals surface area contributed by atoms with Crippen LogP contribution in [0.5, 0.6) is 0 Å². The van der Waals surface area contributed by atoms with Crippen LogP contribution in [0, 0.1) is 5.82 Å². The summed E-state index contributed by atoms with van der Waals surface area (Å²) in [7, 11) is 0. The lowest BCUT2D eigenvalue weighted by Gasteiger charge is -2.45. The van der Waals surface area contributed by atoms with E-state index in [1.165, 1.54) is 18.9 Å². The summed E-state index contributed by atoms with van der Waals surface area (Å²) < 4.78 is 19.6. The Hall–Kier alpha value is -1.21. The highest BCUT2D eigenvalue weighted by Crippen LogP contribution is 2.29. The van der Waals surface area contributed by atoms with Gasteiger partial charge in [-0.25, -0.2) is 4.39 Å². The number of fused-ring (bicyclic) bond motifs is 1. The number of halogens is 2. The Labute approximate surface area is 166 Å². The quantitative estimate of drug-likeness (QED) is 0.850. The maximum atomic E-state index is 13.7. The Morgan fingerprint density at radius 2 is 2.11 bits per heavy atom. The number of nitrogens with one attached hydrogen (secondary N) is 1. The summed E-state index contributed by atoms with van der Waals surface area (Å²) >= 11 is 0. The number of benzene rings is 1. The number of rotatable bonds is 3. The predicted molar refractivity (Wildman–Crippen MR) is 105 cm³/mol. The summed E-state index contributed by atoms with van der Waals surface area (Å²) in [6, 6.07) is 7.01. The first-order valence-electron chi connectivity index (χ1n) is 9.83. The van der Waals surface area contributed by atoms with Crippen LogP contribution < -0.4 is 5.32 Å². The molecule has 1 saturated carbocycles. The van der Waals surface area contributed by atoms with Gasteiger partial charge in [0.25, 0.3) is 0 Å². The number of morpholine rings is 1. The van der Waals surface area contributed by atoms with E-state index >= 15 is 0 Å². The number of ether oxygens (including phenoxy) is 1. The minimum Gasteiger partial charge on any atom is -0.374 e. The Kier molecular flexibility index (Phi) is 7.09. The van der Waals surface area contributed by atoms with E-state index in [4.69, 9.17) is 4.74 Å². The largest absolute Gasteiger partial charge is 0.374 e. The third kappa shape index (κ3) is 4.62. The van der Waals surface area contributed by atoms with Crippen molar-refractivity contribution in [3.63, 3.8) is 0 Å². The average molecular weight is 398 g/mol. The number of hydrogen-bond donors (Lipinski definition) is 1. The van der Waals surface area contributed by atoms with E-state index in [-0.39, 0.29) is 42.3 Å². The molecule has 1 aromatic rings. The Bertz CT molecular complexity index is 645. The van der Waals surface area contributed by atoms with Crippen LogP contribution in [0.4, 0.5) is 4.39 Å². The van der Waals surface area contributed by atoms with E-state index in [2.05, 4.69) is 15.1 Å². The molecule has 0 spiro atoms. The van der Waals surface area contributed by atoms with Crippen LogP contribution in [-0.2, 0) is 9.53 Å². The lowest BCUT2D eigenvalue weighted by Crippen LogP contribution is -2.58. The van der Waals surface area contributed by atoms with E-state index in [9.17, 15) is 9.18 Å². The number of carbonyl (C=O) groups excluding carboxylic acids is 1. The van der Waals surface area contributed by atoms with Crippen molar-refractivity contribution in [1.82, 2.24) is 15.1 Å². The van der Waals surface area contributed by atoms with Crippen LogP contribution in [0.25, 0.3) is 0 Å². The topological polar surface area (TPSA) is 44.8 Å². The van der Waals surface area contributed by atoms with Gasteiger partial charge in [-0.05, 0) is 30.5 Å². The van der Waals surface area contributed by atoms with E-state index in [0.717, 1.165) is 38.0 Å². The van der Waals surface area contributed by atoms with Gasteiger partial charge in [-0.15, -0.1) is 12.4 Å². The molecular formula is C20H29ClFN3O2. The van der Waals surface area contributed by atoms with Gasteiger partial charge in [-0.1, -0.05) is 25.0 Å². The lowest BCUT2D eigenvalue weighted by molar-refractivity contribution is -0.151. The molecule has 0 aromatic heterocycles. The molecule has 1 aliphatic carbocycles. The maximum Gasteiger partial charge on any atom is 0.237 e. The highest BCUT2D eigenvalue weighted by atomic mass is 35.5. The van der Waals surface area contributed by atoms with Crippen molar-refractivity contribution in [1.29, 1.82) is 0 Å². The molecule has 7 heteroatoms. The van der Waals surface area contributed by atoms with Crippen LogP contribution in [0.2, 0.25) is 0 Å². The first-order valence-corrected chi connectivity index (χ1v) is 9.83. The summed E-state index contributed by atoms with van der Waals surface area (Å²) in [5.74, 6) is -0.0360. The molecule has 0 bridgehead atoms. The molecule has 150 valence electrons. The van der Waals surface area contributed by atoms with Crippen molar-refractivity contribution in [2.24, 2.45) is 0 Å². The molecule has 27 heavy (non-hydrogen) atoms. The molecule has 2 saturated heterocycles. The molecule has 3 atom stereocenters. The second-order valence-corrected chi connectivity index (χ2v) is 7.59. The molecule has 3 aliphatic rings. The van der Waals surface area contributed by atoms with Crippen molar-refractivity contribution in [3.05, 3.63) is 35.6 Å². The molecule has 1 N–H and O–H groups in total. The third-order valence-corrected chi connectivity index (χ3v) is 5.98. The third-order valence-electron chi connectivity index (χ3n) is 5.98. The molecule has 2 aliphatic heterocycles. The molecule has 4 rings (SSSR count). The van der Waals surface area contributed by atoms with Crippen LogP contribution >= 0.6 is 12.4 Å². The zero-order valence-electron chi connectivity index (χ0n) is 15.6. The van der Waals surface area contributed by atoms with E-state index in [1.54, 1.807) is 12.1 Å². The standard InChI is InChI=1S/C20H28FN3O2.ClH/c21-16-5-3-4-15(12-16)18-13-22-8-9-23(18)14-20(25)24-10-11-26-19-7-2-1-6-17(19)24;/h3-5,12,17-19,22H,1-2,6-11,13-14H2;1H. The normalized spacial score (nSPS) is 28.9. The van der Waals surface area contributed by atoms with E-state index in [1.807, 2.05) is 6.07 Å². The zero-order valence-corrected chi connectivity index (χ0v) is 16.4. The fourth-order valence-corrected chi connectivity index (χ4v) is 4.65. The van der Waals surface area contributed by atoms with Gasteiger partial charge in [-0.3, -0.25) is 9.69 Å². The highest BCUT2D eigenvalue weighted by Gasteiger charge is 2.37. The fourth-order valence-electron chi connectivity index (χ4n) is 4.65. The van der Waals surface area contributed by atoms with Crippen molar-refractivity contribution in [2.45, 2.75) is 43.9 Å². The van der Waals surface area contributed by atoms with E-state index in [0.29, 0.717) is 19.7 Å². The average Bonchev–Trinajstić information content (AvgIpc) is 2.68. The highest BCUT2D eigenvalue weighted by molar-refractivity contribution is 5.85. The number of nitrogens with zero attached hydrogens (tertiary/aromatic N) is 2. The lowest BCUT2D eigenvalue weighted by atomic mass is 9.90. The van der Waals surface area contributed by atoms with E-state index < -0.39 is 0 Å². The van der Waals surface area contributed by atoms with Crippen LogP contribution in [0.3, 0.4) is 0 Å². The second-order valence-electron chi connectivity index (χ2n) is 7.59. The fraction of sp³-hybridized carbons (Fsp3) is 0.650. The minimum atomic E-state index is -0.224. The van der Waals surface area contributed by atoms with Crippen LogP contribution in [0.1, 0.15) is 37.3 Å². The number of amides is 1. The van der Waals surface area contributed by atoms with Crippen LogP contribution in [-0.4, -0.2) is 67.2 Å². The monoisotopic (exact) mass is 397 g/mol. The summed E-state index contributed by atoms with van der Waals surface area (Å²) in [6.45, 7) is 4.12. The smallest absolute Gasteiger partial charge is 0.237 e. The molecule has 2 heterocycles. The molecule has 1 amide bonds. The van der Waals surface area contributed by atoms with Crippen molar-refractivity contribution < 1.29 is 13.9 Å². The first kappa shape index (κ1) is 20.5. The second kappa shape index (κ2) is 9.32. The van der Waals surface area contributed by atoms with Gasteiger partial charge >= 0.3 is 0 Å². The van der Waals surface area contributed by atoms with Gasteiger partial charge in [-0.2, -0.15) is 0 Å². The predicted octanol–water partition coefficient (Wildman–Crippen LogP) is 2.36.